The van der Waals surface area contributed by atoms with E-state index in [0.29, 0.717) is 5.69 Å². The molecule has 6 heteroatoms. The van der Waals surface area contributed by atoms with Gasteiger partial charge in [0.1, 0.15) is 0 Å². The van der Waals surface area contributed by atoms with Gasteiger partial charge in [0.25, 0.3) is 10.0 Å². The maximum absolute atomic E-state index is 12.2. The van der Waals surface area contributed by atoms with Gasteiger partial charge in [-0.2, -0.15) is 0 Å². The largest absolute Gasteiger partial charge is 0.376 e. The van der Waals surface area contributed by atoms with Crippen molar-refractivity contribution in [2.75, 3.05) is 23.7 Å². The Bertz CT molecular complexity index is 655. The van der Waals surface area contributed by atoms with E-state index in [0.717, 1.165) is 5.69 Å². The average Bonchev–Trinajstić information content (AvgIpc) is 2.39. The molecule has 0 radical (unpaired) electrons. The topological polar surface area (TPSA) is 62.3 Å². The highest BCUT2D eigenvalue weighted by atomic mass is 32.2. The van der Waals surface area contributed by atoms with Crippen LogP contribution in [0, 0.1) is 0 Å². The van der Waals surface area contributed by atoms with Gasteiger partial charge in [-0.15, -0.1) is 0 Å². The predicted molar refractivity (Wildman–Crippen MR) is 75.8 cm³/mol. The minimum absolute atomic E-state index is 0.226. The van der Waals surface area contributed by atoms with Crippen LogP contribution in [0.2, 0.25) is 0 Å². The number of hydrogen-bond donors (Lipinski definition) is 1. The van der Waals surface area contributed by atoms with E-state index in [9.17, 15) is 8.42 Å². The van der Waals surface area contributed by atoms with Crippen molar-refractivity contribution in [1.29, 1.82) is 0 Å². The molecule has 0 spiro atoms. The fourth-order valence-corrected chi connectivity index (χ4v) is 2.74. The first kappa shape index (κ1) is 13.4. The van der Waals surface area contributed by atoms with E-state index in [1.54, 1.807) is 42.6 Å². The molecule has 0 amide bonds. The molecule has 19 heavy (non-hydrogen) atoms. The molecule has 0 aliphatic carbocycles. The molecule has 2 rings (SSSR count). The van der Waals surface area contributed by atoms with Gasteiger partial charge < -0.3 is 4.90 Å². The molecule has 1 N–H and O–H groups in total. The molecule has 0 aliphatic heterocycles. The lowest BCUT2D eigenvalue weighted by atomic mass is 10.3. The molecule has 0 fully saturated rings. The Hall–Kier alpha value is -2.08. The maximum atomic E-state index is 12.2. The quantitative estimate of drug-likeness (QED) is 0.928. The van der Waals surface area contributed by atoms with Crippen LogP contribution in [0.5, 0.6) is 0 Å². The zero-order chi connectivity index (χ0) is 13.9. The van der Waals surface area contributed by atoms with Crippen molar-refractivity contribution >= 4 is 21.4 Å². The number of nitrogens with one attached hydrogen (secondary N) is 1. The molecule has 0 unspecified atom stereocenters. The van der Waals surface area contributed by atoms with Gasteiger partial charge >= 0.3 is 0 Å². The van der Waals surface area contributed by atoms with Gasteiger partial charge in [0, 0.05) is 20.3 Å². The second-order valence-electron chi connectivity index (χ2n) is 4.21. The van der Waals surface area contributed by atoms with Gasteiger partial charge in [-0.25, -0.2) is 8.42 Å². The molecule has 100 valence electrons. The molecule has 0 aliphatic rings. The van der Waals surface area contributed by atoms with Crippen LogP contribution in [0.15, 0.2) is 53.7 Å². The number of rotatable bonds is 4. The summed E-state index contributed by atoms with van der Waals surface area (Å²) >= 11 is 0. The Morgan fingerprint density at radius 3 is 2.42 bits per heavy atom. The van der Waals surface area contributed by atoms with E-state index in [4.69, 9.17) is 0 Å². The number of anilines is 2. The zero-order valence-corrected chi connectivity index (χ0v) is 11.6. The second kappa shape index (κ2) is 5.27. The summed E-state index contributed by atoms with van der Waals surface area (Å²) in [6, 6.07) is 9.99. The normalized spacial score (nSPS) is 11.1. The summed E-state index contributed by atoms with van der Waals surface area (Å²) in [7, 11) is 0.0998. The summed E-state index contributed by atoms with van der Waals surface area (Å²) in [6.45, 7) is 0. The summed E-state index contributed by atoms with van der Waals surface area (Å²) in [6.07, 6.45) is 3.12. The summed E-state index contributed by atoms with van der Waals surface area (Å²) in [5.74, 6) is 0. The summed E-state index contributed by atoms with van der Waals surface area (Å²) in [4.78, 5) is 6.00. The van der Waals surface area contributed by atoms with Crippen LogP contribution in [0.1, 0.15) is 0 Å². The van der Waals surface area contributed by atoms with Crippen LogP contribution >= 0.6 is 0 Å². The van der Waals surface area contributed by atoms with E-state index in [1.807, 2.05) is 19.0 Å². The van der Waals surface area contributed by atoms with Crippen molar-refractivity contribution in [2.45, 2.75) is 4.90 Å². The molecule has 0 atom stereocenters. The number of hydrogen-bond acceptors (Lipinski definition) is 4. The first-order chi connectivity index (χ1) is 9.00. The average molecular weight is 277 g/mol. The molecule has 2 aromatic rings. The Morgan fingerprint density at radius 1 is 1.11 bits per heavy atom. The van der Waals surface area contributed by atoms with Gasteiger partial charge in [-0.05, 0) is 18.2 Å². The highest BCUT2D eigenvalue weighted by molar-refractivity contribution is 7.92. The Balaban J connectivity index is 2.37. The van der Waals surface area contributed by atoms with Crippen molar-refractivity contribution in [2.24, 2.45) is 0 Å². The van der Waals surface area contributed by atoms with E-state index in [1.165, 1.54) is 6.20 Å². The highest BCUT2D eigenvalue weighted by Gasteiger charge is 2.16. The molecule has 0 bridgehead atoms. The van der Waals surface area contributed by atoms with Crippen molar-refractivity contribution in [3.05, 3.63) is 48.8 Å². The van der Waals surface area contributed by atoms with Crippen molar-refractivity contribution in [3.63, 3.8) is 0 Å². The Morgan fingerprint density at radius 2 is 1.79 bits per heavy atom. The summed E-state index contributed by atoms with van der Waals surface area (Å²) in [5, 5.41) is 0. The van der Waals surface area contributed by atoms with E-state index in [-0.39, 0.29) is 4.90 Å². The van der Waals surface area contributed by atoms with Gasteiger partial charge in [0.05, 0.1) is 22.5 Å². The maximum Gasteiger partial charge on any atom is 0.262 e. The van der Waals surface area contributed by atoms with E-state index < -0.39 is 10.0 Å². The number of benzene rings is 1. The SMILES string of the molecule is CN(C)c1ccncc1NS(=O)(=O)c1ccccc1. The number of sulfonamides is 1. The molecule has 0 saturated heterocycles. The summed E-state index contributed by atoms with van der Waals surface area (Å²) in [5.41, 5.74) is 1.21. The molecule has 1 heterocycles. The fourth-order valence-electron chi connectivity index (χ4n) is 1.66. The molecular weight excluding hydrogens is 262 g/mol. The minimum atomic E-state index is -3.59. The molecule has 0 saturated carbocycles. The first-order valence-corrected chi connectivity index (χ1v) is 7.18. The van der Waals surface area contributed by atoms with E-state index in [2.05, 4.69) is 9.71 Å². The van der Waals surface area contributed by atoms with Crippen LogP contribution < -0.4 is 9.62 Å². The minimum Gasteiger partial charge on any atom is -0.376 e. The van der Waals surface area contributed by atoms with Gasteiger partial charge in [-0.3, -0.25) is 9.71 Å². The monoisotopic (exact) mass is 277 g/mol. The van der Waals surface area contributed by atoms with Crippen LogP contribution in [0.25, 0.3) is 0 Å². The number of pyridine rings is 1. The second-order valence-corrected chi connectivity index (χ2v) is 5.89. The van der Waals surface area contributed by atoms with Gasteiger partial charge in [0.2, 0.25) is 0 Å². The Labute approximate surface area is 113 Å². The highest BCUT2D eigenvalue weighted by Crippen LogP contribution is 2.25. The smallest absolute Gasteiger partial charge is 0.262 e. The molecular formula is C13H15N3O2S. The van der Waals surface area contributed by atoms with Crippen molar-refractivity contribution < 1.29 is 8.42 Å². The van der Waals surface area contributed by atoms with Gasteiger partial charge in [0.15, 0.2) is 0 Å². The lowest BCUT2D eigenvalue weighted by Crippen LogP contribution is -2.17. The summed E-state index contributed by atoms with van der Waals surface area (Å²) < 4.78 is 27.0. The third-order valence-electron chi connectivity index (χ3n) is 2.58. The zero-order valence-electron chi connectivity index (χ0n) is 10.7. The van der Waals surface area contributed by atoms with Crippen LogP contribution in [0.3, 0.4) is 0 Å². The van der Waals surface area contributed by atoms with Crippen LogP contribution in [0.4, 0.5) is 11.4 Å². The van der Waals surface area contributed by atoms with E-state index >= 15 is 0 Å². The third kappa shape index (κ3) is 3.03. The van der Waals surface area contributed by atoms with Crippen molar-refractivity contribution in [1.82, 2.24) is 4.98 Å². The Kier molecular flexibility index (Phi) is 3.71. The van der Waals surface area contributed by atoms with Gasteiger partial charge in [-0.1, -0.05) is 18.2 Å². The third-order valence-corrected chi connectivity index (χ3v) is 3.96. The standard InChI is InChI=1S/C13H15N3O2S/c1-16(2)13-8-9-14-10-12(13)15-19(17,18)11-6-4-3-5-7-11/h3-10,15H,1-2H3. The first-order valence-electron chi connectivity index (χ1n) is 5.70. The lowest BCUT2D eigenvalue weighted by Gasteiger charge is -2.17. The molecule has 1 aromatic heterocycles. The lowest BCUT2D eigenvalue weighted by molar-refractivity contribution is 0.601. The van der Waals surface area contributed by atoms with Crippen LogP contribution in [-0.4, -0.2) is 27.5 Å². The predicted octanol–water partition coefficient (Wildman–Crippen LogP) is 1.95. The van der Waals surface area contributed by atoms with Crippen LogP contribution in [-0.2, 0) is 10.0 Å². The number of aromatic nitrogens is 1. The molecule has 5 nitrogen and oxygen atoms in total. The molecule has 1 aromatic carbocycles. The fraction of sp³-hybridized carbons (Fsp3) is 0.154. The van der Waals surface area contributed by atoms with Crippen molar-refractivity contribution in [3.8, 4) is 0 Å². The number of nitrogens with zero attached hydrogens (tertiary/aromatic N) is 2.